The third-order valence-electron chi connectivity index (χ3n) is 3.52. The average Bonchev–Trinajstić information content (AvgIpc) is 2.71. The Morgan fingerprint density at radius 1 is 1.57 bits per heavy atom. The van der Waals surface area contributed by atoms with E-state index in [1.165, 1.54) is 6.42 Å². The van der Waals surface area contributed by atoms with Gasteiger partial charge in [0.05, 0.1) is 0 Å². The lowest BCUT2D eigenvalue weighted by Crippen LogP contribution is -2.31. The standard InChI is InChI=1S/C11H20N2O/c1-8-5-10(8)11(14)13-4-3-9(7-13)6-12-2/h8-10,12H,3-7H2,1-2H3. The topological polar surface area (TPSA) is 32.3 Å². The van der Waals surface area contributed by atoms with Gasteiger partial charge in [-0.25, -0.2) is 0 Å². The molecule has 1 heterocycles. The van der Waals surface area contributed by atoms with Gasteiger partial charge < -0.3 is 10.2 Å². The fraction of sp³-hybridized carbons (Fsp3) is 0.909. The van der Waals surface area contributed by atoms with E-state index in [0.29, 0.717) is 23.7 Å². The minimum Gasteiger partial charge on any atom is -0.342 e. The van der Waals surface area contributed by atoms with Gasteiger partial charge in [0, 0.05) is 19.0 Å². The van der Waals surface area contributed by atoms with Gasteiger partial charge in [-0.05, 0) is 38.3 Å². The van der Waals surface area contributed by atoms with Gasteiger partial charge >= 0.3 is 0 Å². The fourth-order valence-electron chi connectivity index (χ4n) is 2.39. The van der Waals surface area contributed by atoms with E-state index in [0.717, 1.165) is 26.1 Å². The van der Waals surface area contributed by atoms with E-state index in [9.17, 15) is 4.79 Å². The monoisotopic (exact) mass is 196 g/mol. The first-order valence-corrected chi connectivity index (χ1v) is 5.65. The van der Waals surface area contributed by atoms with Crippen molar-refractivity contribution >= 4 is 5.91 Å². The second-order valence-corrected chi connectivity index (χ2v) is 4.82. The predicted molar refractivity (Wildman–Crippen MR) is 55.9 cm³/mol. The van der Waals surface area contributed by atoms with E-state index in [2.05, 4.69) is 17.1 Å². The number of rotatable bonds is 3. The van der Waals surface area contributed by atoms with Crippen molar-refractivity contribution in [3.05, 3.63) is 0 Å². The van der Waals surface area contributed by atoms with Gasteiger partial charge in [-0.15, -0.1) is 0 Å². The maximum absolute atomic E-state index is 11.9. The van der Waals surface area contributed by atoms with Crippen LogP contribution in [0.1, 0.15) is 19.8 Å². The van der Waals surface area contributed by atoms with E-state index >= 15 is 0 Å². The Bertz CT molecular complexity index is 229. The van der Waals surface area contributed by atoms with Gasteiger partial charge in [-0.2, -0.15) is 0 Å². The van der Waals surface area contributed by atoms with Crippen LogP contribution in [0.5, 0.6) is 0 Å². The summed E-state index contributed by atoms with van der Waals surface area (Å²) >= 11 is 0. The fourth-order valence-corrected chi connectivity index (χ4v) is 2.39. The van der Waals surface area contributed by atoms with E-state index in [1.54, 1.807) is 0 Å². The van der Waals surface area contributed by atoms with Crippen LogP contribution in [0.15, 0.2) is 0 Å². The first-order valence-electron chi connectivity index (χ1n) is 5.65. The largest absolute Gasteiger partial charge is 0.342 e. The molecule has 1 saturated heterocycles. The lowest BCUT2D eigenvalue weighted by molar-refractivity contribution is -0.131. The van der Waals surface area contributed by atoms with Crippen LogP contribution in [0.25, 0.3) is 0 Å². The molecular formula is C11H20N2O. The summed E-state index contributed by atoms with van der Waals surface area (Å²) in [5.41, 5.74) is 0. The Labute approximate surface area is 85.8 Å². The highest BCUT2D eigenvalue weighted by molar-refractivity contribution is 5.81. The number of hydrogen-bond donors (Lipinski definition) is 1. The van der Waals surface area contributed by atoms with E-state index < -0.39 is 0 Å². The highest BCUT2D eigenvalue weighted by Crippen LogP contribution is 2.39. The van der Waals surface area contributed by atoms with Crippen molar-refractivity contribution in [2.75, 3.05) is 26.7 Å². The highest BCUT2D eigenvalue weighted by atomic mass is 16.2. The number of amides is 1. The number of carbonyl (C=O) groups is 1. The van der Waals surface area contributed by atoms with Crippen LogP contribution in [0.2, 0.25) is 0 Å². The smallest absolute Gasteiger partial charge is 0.225 e. The molecule has 3 unspecified atom stereocenters. The molecule has 1 saturated carbocycles. The van der Waals surface area contributed by atoms with Crippen molar-refractivity contribution in [3.63, 3.8) is 0 Å². The Morgan fingerprint density at radius 2 is 2.29 bits per heavy atom. The number of nitrogens with one attached hydrogen (secondary N) is 1. The lowest BCUT2D eigenvalue weighted by atomic mass is 10.1. The molecular weight excluding hydrogens is 176 g/mol. The Balaban J connectivity index is 1.80. The SMILES string of the molecule is CNCC1CCN(C(=O)C2CC2C)C1. The molecule has 1 aliphatic carbocycles. The summed E-state index contributed by atoms with van der Waals surface area (Å²) in [6, 6.07) is 0. The Morgan fingerprint density at radius 3 is 2.86 bits per heavy atom. The molecule has 2 rings (SSSR count). The van der Waals surface area contributed by atoms with Crippen molar-refractivity contribution in [3.8, 4) is 0 Å². The maximum Gasteiger partial charge on any atom is 0.225 e. The molecule has 1 aliphatic heterocycles. The molecule has 2 aliphatic rings. The molecule has 14 heavy (non-hydrogen) atoms. The quantitative estimate of drug-likeness (QED) is 0.721. The number of nitrogens with zero attached hydrogens (tertiary/aromatic N) is 1. The van der Waals surface area contributed by atoms with E-state index in [1.807, 2.05) is 7.05 Å². The zero-order valence-electron chi connectivity index (χ0n) is 9.12. The summed E-state index contributed by atoms with van der Waals surface area (Å²) < 4.78 is 0. The van der Waals surface area contributed by atoms with Crippen LogP contribution in [0.4, 0.5) is 0 Å². The molecule has 80 valence electrons. The molecule has 0 bridgehead atoms. The van der Waals surface area contributed by atoms with Crippen LogP contribution < -0.4 is 5.32 Å². The molecule has 0 aromatic carbocycles. The molecule has 1 N–H and O–H groups in total. The number of likely N-dealkylation sites (tertiary alicyclic amines) is 1. The molecule has 1 amide bonds. The minimum absolute atomic E-state index is 0.364. The molecule has 0 aromatic rings. The highest BCUT2D eigenvalue weighted by Gasteiger charge is 2.42. The van der Waals surface area contributed by atoms with Crippen LogP contribution in [-0.4, -0.2) is 37.5 Å². The van der Waals surface area contributed by atoms with Gasteiger partial charge in [0.1, 0.15) is 0 Å². The van der Waals surface area contributed by atoms with Gasteiger partial charge in [0.15, 0.2) is 0 Å². The molecule has 3 atom stereocenters. The normalized spacial score (nSPS) is 36.1. The van der Waals surface area contributed by atoms with Gasteiger partial charge in [-0.3, -0.25) is 4.79 Å². The summed E-state index contributed by atoms with van der Waals surface area (Å²) in [6.45, 7) is 5.17. The van der Waals surface area contributed by atoms with Crippen molar-refractivity contribution in [1.82, 2.24) is 10.2 Å². The zero-order chi connectivity index (χ0) is 10.1. The van der Waals surface area contributed by atoms with Crippen molar-refractivity contribution < 1.29 is 4.79 Å². The molecule has 0 radical (unpaired) electrons. The third kappa shape index (κ3) is 1.92. The average molecular weight is 196 g/mol. The van der Waals surface area contributed by atoms with Crippen LogP contribution in [-0.2, 0) is 4.79 Å². The predicted octanol–water partition coefficient (Wildman–Crippen LogP) is 0.710. The van der Waals surface area contributed by atoms with Crippen molar-refractivity contribution in [1.29, 1.82) is 0 Å². The van der Waals surface area contributed by atoms with Gasteiger partial charge in [0.25, 0.3) is 0 Å². The molecule has 3 nitrogen and oxygen atoms in total. The van der Waals surface area contributed by atoms with E-state index in [-0.39, 0.29) is 0 Å². The van der Waals surface area contributed by atoms with Crippen molar-refractivity contribution in [2.24, 2.45) is 17.8 Å². The first-order chi connectivity index (χ1) is 6.72. The Kier molecular flexibility index (Phi) is 2.77. The van der Waals surface area contributed by atoms with Crippen LogP contribution in [0, 0.1) is 17.8 Å². The van der Waals surface area contributed by atoms with Crippen LogP contribution >= 0.6 is 0 Å². The third-order valence-corrected chi connectivity index (χ3v) is 3.52. The molecule has 0 aromatic heterocycles. The van der Waals surface area contributed by atoms with E-state index in [4.69, 9.17) is 0 Å². The summed E-state index contributed by atoms with van der Waals surface area (Å²) in [7, 11) is 1.98. The van der Waals surface area contributed by atoms with Gasteiger partial charge in [0.2, 0.25) is 5.91 Å². The Hall–Kier alpha value is -0.570. The van der Waals surface area contributed by atoms with Crippen molar-refractivity contribution in [2.45, 2.75) is 19.8 Å². The molecule has 2 fully saturated rings. The molecule has 3 heteroatoms. The van der Waals surface area contributed by atoms with Crippen LogP contribution in [0.3, 0.4) is 0 Å². The second kappa shape index (κ2) is 3.89. The van der Waals surface area contributed by atoms with Gasteiger partial charge in [-0.1, -0.05) is 6.92 Å². The minimum atomic E-state index is 0.364. The summed E-state index contributed by atoms with van der Waals surface area (Å²) in [4.78, 5) is 13.9. The summed E-state index contributed by atoms with van der Waals surface area (Å²) in [6.07, 6.45) is 2.29. The lowest BCUT2D eigenvalue weighted by Gasteiger charge is -2.16. The number of carbonyl (C=O) groups excluding carboxylic acids is 1. The zero-order valence-corrected chi connectivity index (χ0v) is 9.12. The first kappa shape index (κ1) is 9.97. The summed E-state index contributed by atoms with van der Waals surface area (Å²) in [5, 5.41) is 3.18. The summed E-state index contributed by atoms with van der Waals surface area (Å²) in [5.74, 6) is 2.10. The molecule has 0 spiro atoms. The number of hydrogen-bond acceptors (Lipinski definition) is 2. The second-order valence-electron chi connectivity index (χ2n) is 4.82. The maximum atomic E-state index is 11.9.